The summed E-state index contributed by atoms with van der Waals surface area (Å²) >= 11 is 1.59. The SMILES string of the molecule is Cc1cccc(CN2CCC(NC(=O)c3cc(C)c(C)s3)CC2)c1. The van der Waals surface area contributed by atoms with Gasteiger partial charge in [-0.2, -0.15) is 0 Å². The molecule has 128 valence electrons. The molecule has 1 N–H and O–H groups in total. The molecule has 2 aromatic rings. The van der Waals surface area contributed by atoms with Gasteiger partial charge in [-0.25, -0.2) is 0 Å². The highest BCUT2D eigenvalue weighted by molar-refractivity contribution is 7.14. The minimum atomic E-state index is 0.0911. The molecule has 1 amide bonds. The predicted octanol–water partition coefficient (Wildman–Crippen LogP) is 4.07. The fraction of sp³-hybridized carbons (Fsp3) is 0.450. The predicted molar refractivity (Wildman–Crippen MR) is 101 cm³/mol. The Bertz CT molecular complexity index is 695. The van der Waals surface area contributed by atoms with Crippen molar-refractivity contribution >= 4 is 17.2 Å². The minimum absolute atomic E-state index is 0.0911. The van der Waals surface area contributed by atoms with Gasteiger partial charge in [-0.05, 0) is 50.8 Å². The second-order valence-electron chi connectivity index (χ2n) is 6.86. The number of amides is 1. The first kappa shape index (κ1) is 17.2. The van der Waals surface area contributed by atoms with Crippen LogP contribution in [0.25, 0.3) is 0 Å². The number of nitrogens with zero attached hydrogens (tertiary/aromatic N) is 1. The van der Waals surface area contributed by atoms with Gasteiger partial charge in [-0.15, -0.1) is 11.3 Å². The number of piperidine rings is 1. The highest BCUT2D eigenvalue weighted by Gasteiger charge is 2.22. The maximum Gasteiger partial charge on any atom is 0.261 e. The summed E-state index contributed by atoms with van der Waals surface area (Å²) < 4.78 is 0. The number of carbonyl (C=O) groups is 1. The smallest absolute Gasteiger partial charge is 0.261 e. The van der Waals surface area contributed by atoms with E-state index in [0.717, 1.165) is 37.4 Å². The Morgan fingerprint density at radius 2 is 1.96 bits per heavy atom. The number of hydrogen-bond acceptors (Lipinski definition) is 3. The van der Waals surface area contributed by atoms with Gasteiger partial charge in [0.05, 0.1) is 4.88 Å². The molecule has 3 rings (SSSR count). The maximum absolute atomic E-state index is 12.4. The van der Waals surface area contributed by atoms with Gasteiger partial charge in [-0.3, -0.25) is 9.69 Å². The second kappa shape index (κ2) is 7.49. The van der Waals surface area contributed by atoms with E-state index in [9.17, 15) is 4.79 Å². The van der Waals surface area contributed by atoms with Crippen molar-refractivity contribution in [2.45, 2.75) is 46.2 Å². The first-order chi connectivity index (χ1) is 11.5. The van der Waals surface area contributed by atoms with Gasteiger partial charge < -0.3 is 5.32 Å². The molecule has 2 heterocycles. The fourth-order valence-electron chi connectivity index (χ4n) is 3.25. The van der Waals surface area contributed by atoms with Gasteiger partial charge in [0, 0.05) is 30.6 Å². The molecule has 4 heteroatoms. The van der Waals surface area contributed by atoms with Crippen LogP contribution < -0.4 is 5.32 Å². The molecule has 0 saturated carbocycles. The lowest BCUT2D eigenvalue weighted by molar-refractivity contribution is 0.0913. The number of carbonyl (C=O) groups excluding carboxylic acids is 1. The number of thiophene rings is 1. The molecule has 0 unspecified atom stereocenters. The molecular weight excluding hydrogens is 316 g/mol. The van der Waals surface area contributed by atoms with Crippen LogP contribution in [-0.4, -0.2) is 29.9 Å². The van der Waals surface area contributed by atoms with Crippen molar-refractivity contribution < 1.29 is 4.79 Å². The summed E-state index contributed by atoms with van der Waals surface area (Å²) in [5.41, 5.74) is 3.90. The number of nitrogens with one attached hydrogen (secondary N) is 1. The molecule has 24 heavy (non-hydrogen) atoms. The van der Waals surface area contributed by atoms with Gasteiger partial charge in [0.15, 0.2) is 0 Å². The first-order valence-electron chi connectivity index (χ1n) is 8.67. The van der Waals surface area contributed by atoms with Crippen molar-refractivity contribution in [3.63, 3.8) is 0 Å². The van der Waals surface area contributed by atoms with Gasteiger partial charge in [0.2, 0.25) is 0 Å². The van der Waals surface area contributed by atoms with Gasteiger partial charge in [0.1, 0.15) is 0 Å². The van der Waals surface area contributed by atoms with Gasteiger partial charge in [0.25, 0.3) is 5.91 Å². The normalized spacial score (nSPS) is 16.3. The van der Waals surface area contributed by atoms with E-state index >= 15 is 0 Å². The third kappa shape index (κ3) is 4.25. The Kier molecular flexibility index (Phi) is 5.36. The monoisotopic (exact) mass is 342 g/mol. The van der Waals surface area contributed by atoms with Crippen LogP contribution in [0.15, 0.2) is 30.3 Å². The molecule has 1 fully saturated rings. The highest BCUT2D eigenvalue weighted by atomic mass is 32.1. The molecule has 1 aliphatic heterocycles. The van der Waals surface area contributed by atoms with Gasteiger partial charge in [-0.1, -0.05) is 29.8 Å². The summed E-state index contributed by atoms with van der Waals surface area (Å²) in [6, 6.07) is 11.0. The molecule has 0 atom stereocenters. The molecule has 0 radical (unpaired) electrons. The summed E-state index contributed by atoms with van der Waals surface area (Å²) in [5, 5.41) is 3.21. The zero-order valence-corrected chi connectivity index (χ0v) is 15.6. The number of rotatable bonds is 4. The van der Waals surface area contributed by atoms with Crippen molar-refractivity contribution in [3.8, 4) is 0 Å². The Morgan fingerprint density at radius 1 is 1.21 bits per heavy atom. The quantitative estimate of drug-likeness (QED) is 0.908. The number of hydrogen-bond donors (Lipinski definition) is 1. The number of likely N-dealkylation sites (tertiary alicyclic amines) is 1. The van der Waals surface area contributed by atoms with E-state index in [1.807, 2.05) is 6.07 Å². The molecular formula is C20H26N2OS. The van der Waals surface area contributed by atoms with E-state index in [1.165, 1.54) is 21.6 Å². The number of benzene rings is 1. The third-order valence-corrected chi connectivity index (χ3v) is 5.95. The van der Waals surface area contributed by atoms with E-state index in [2.05, 4.69) is 55.3 Å². The van der Waals surface area contributed by atoms with Gasteiger partial charge >= 0.3 is 0 Å². The van der Waals surface area contributed by atoms with Crippen LogP contribution in [0.4, 0.5) is 0 Å². The summed E-state index contributed by atoms with van der Waals surface area (Å²) in [6.07, 6.45) is 2.06. The average Bonchev–Trinajstić information content (AvgIpc) is 2.89. The Morgan fingerprint density at radius 3 is 2.58 bits per heavy atom. The molecule has 3 nitrogen and oxygen atoms in total. The molecule has 0 spiro atoms. The van der Waals surface area contributed by atoms with Crippen molar-refractivity contribution in [2.24, 2.45) is 0 Å². The van der Waals surface area contributed by atoms with Crippen LogP contribution in [0.5, 0.6) is 0 Å². The van der Waals surface area contributed by atoms with Crippen LogP contribution in [0.2, 0.25) is 0 Å². The lowest BCUT2D eigenvalue weighted by atomic mass is 10.0. The van der Waals surface area contributed by atoms with E-state index in [0.29, 0.717) is 6.04 Å². The molecule has 0 bridgehead atoms. The Hall–Kier alpha value is -1.65. The summed E-state index contributed by atoms with van der Waals surface area (Å²) in [6.45, 7) is 9.36. The zero-order valence-electron chi connectivity index (χ0n) is 14.8. The van der Waals surface area contributed by atoms with Crippen LogP contribution in [0, 0.1) is 20.8 Å². The van der Waals surface area contributed by atoms with Crippen molar-refractivity contribution in [3.05, 3.63) is 56.8 Å². The van der Waals surface area contributed by atoms with Crippen LogP contribution in [0.1, 0.15) is 44.1 Å². The van der Waals surface area contributed by atoms with Crippen molar-refractivity contribution in [2.75, 3.05) is 13.1 Å². The Balaban J connectivity index is 1.49. The fourth-order valence-corrected chi connectivity index (χ4v) is 4.18. The molecule has 1 aliphatic rings. The Labute approximate surface area is 148 Å². The maximum atomic E-state index is 12.4. The van der Waals surface area contributed by atoms with E-state index in [1.54, 1.807) is 11.3 Å². The lowest BCUT2D eigenvalue weighted by Gasteiger charge is -2.32. The standard InChI is InChI=1S/C20H26N2OS/c1-14-5-4-6-17(11-14)13-22-9-7-18(8-10-22)21-20(23)19-12-15(2)16(3)24-19/h4-6,11-12,18H,7-10,13H2,1-3H3,(H,21,23). The third-order valence-electron chi connectivity index (χ3n) is 4.80. The highest BCUT2D eigenvalue weighted by Crippen LogP contribution is 2.21. The molecule has 0 aliphatic carbocycles. The molecule has 1 aromatic carbocycles. The van der Waals surface area contributed by atoms with Crippen LogP contribution in [-0.2, 0) is 6.54 Å². The summed E-state index contributed by atoms with van der Waals surface area (Å²) in [5.74, 6) is 0.0911. The summed E-state index contributed by atoms with van der Waals surface area (Å²) in [4.78, 5) is 16.9. The van der Waals surface area contributed by atoms with Crippen molar-refractivity contribution in [1.82, 2.24) is 10.2 Å². The van der Waals surface area contributed by atoms with E-state index in [-0.39, 0.29) is 5.91 Å². The molecule has 1 saturated heterocycles. The van der Waals surface area contributed by atoms with E-state index in [4.69, 9.17) is 0 Å². The topological polar surface area (TPSA) is 32.3 Å². The van der Waals surface area contributed by atoms with Crippen molar-refractivity contribution in [1.29, 1.82) is 0 Å². The minimum Gasteiger partial charge on any atom is -0.349 e. The van der Waals surface area contributed by atoms with Crippen LogP contribution in [0.3, 0.4) is 0 Å². The second-order valence-corrected chi connectivity index (χ2v) is 8.12. The first-order valence-corrected chi connectivity index (χ1v) is 9.48. The largest absolute Gasteiger partial charge is 0.349 e. The number of aryl methyl sites for hydroxylation is 3. The zero-order chi connectivity index (χ0) is 17.1. The van der Waals surface area contributed by atoms with E-state index < -0.39 is 0 Å². The average molecular weight is 343 g/mol. The molecule has 1 aromatic heterocycles. The summed E-state index contributed by atoms with van der Waals surface area (Å²) in [7, 11) is 0. The van der Waals surface area contributed by atoms with Crippen LogP contribution >= 0.6 is 11.3 Å². The lowest BCUT2D eigenvalue weighted by Crippen LogP contribution is -2.44.